The molecule has 4 heteroatoms. The minimum absolute atomic E-state index is 0.0176. The second-order valence-corrected chi connectivity index (χ2v) is 23.6. The van der Waals surface area contributed by atoms with Crippen molar-refractivity contribution in [3.63, 3.8) is 0 Å². The Morgan fingerprint density at radius 2 is 1.39 bits per heavy atom. The van der Waals surface area contributed by atoms with Crippen LogP contribution in [0, 0.1) is 58.2 Å². The highest BCUT2D eigenvalue weighted by atomic mass is 28.4. The van der Waals surface area contributed by atoms with Gasteiger partial charge in [0.25, 0.3) is 8.32 Å². The van der Waals surface area contributed by atoms with E-state index in [1.807, 2.05) is 0 Å². The molecule has 2 aromatic rings. The van der Waals surface area contributed by atoms with Gasteiger partial charge in [0.2, 0.25) is 0 Å². The van der Waals surface area contributed by atoms with E-state index in [1.54, 1.807) is 0 Å². The molecule has 0 N–H and O–H groups in total. The van der Waals surface area contributed by atoms with E-state index < -0.39 is 8.32 Å². The predicted octanol–water partition coefficient (Wildman–Crippen LogP) is 10.2. The van der Waals surface area contributed by atoms with Crippen LogP contribution in [0.5, 0.6) is 0 Å². The van der Waals surface area contributed by atoms with Crippen molar-refractivity contribution < 1.29 is 14.0 Å². The maximum Gasteiger partial charge on any atom is 0.306 e. The summed E-state index contributed by atoms with van der Waals surface area (Å²) in [6.07, 6.45) is 14.0. The fourth-order valence-electron chi connectivity index (χ4n) is 13.1. The fraction of sp³-hybridized carbons (Fsp3) is 0.711. The monoisotopic (exact) mass is 682 g/mol. The molecule has 5 aliphatic rings. The van der Waals surface area contributed by atoms with Crippen molar-refractivity contribution in [3.8, 4) is 0 Å². The Balaban J connectivity index is 1.09. The molecule has 7 rings (SSSR count). The van der Waals surface area contributed by atoms with Crippen LogP contribution in [0.1, 0.15) is 126 Å². The van der Waals surface area contributed by atoms with Gasteiger partial charge >= 0.3 is 5.97 Å². The van der Waals surface area contributed by atoms with Crippen LogP contribution in [0.25, 0.3) is 0 Å². The standard InChI is InChI=1S/C45H66O3Si/c1-30(2)32-27-41(47-42(46)28-32)31(3)38-21-22-39-37-20-19-33-29-34(23-25-44(33,7)40(37)24-26-45(38,39)8)48-49(43(4,5)6,35-15-11-9-12-16-35)36-17-13-10-14-18-36/h9-18,30-34,37-41H,19-29H2,1-8H3/t31-,32-,33-,34-,37-,38+,39-,40-,41-,44-,45+/m0/s1. The average molecular weight is 683 g/mol. The molecular weight excluding hydrogens is 617 g/mol. The Morgan fingerprint density at radius 3 is 2.00 bits per heavy atom. The summed E-state index contributed by atoms with van der Waals surface area (Å²) in [7, 11) is -2.56. The number of fused-ring (bicyclic) bond motifs is 5. The molecule has 4 aliphatic carbocycles. The van der Waals surface area contributed by atoms with Gasteiger partial charge in [-0.05, 0) is 138 Å². The minimum atomic E-state index is -2.56. The van der Waals surface area contributed by atoms with Gasteiger partial charge in [-0.25, -0.2) is 0 Å². The molecule has 1 heterocycles. The SMILES string of the molecule is CC(C)[C@@H]1CC(=O)O[C@H]([C@@H](C)[C@H]2CC[C@H]3[C@@H]4CC[C@H]5C[C@@H](O[Si](c6ccccc6)(c6ccccc6)C(C)(C)C)CC[C@]5(C)[C@H]4CC[C@]23C)C1. The lowest BCUT2D eigenvalue weighted by atomic mass is 9.44. The molecule has 0 bridgehead atoms. The summed E-state index contributed by atoms with van der Waals surface area (Å²) in [5.74, 6) is 5.45. The van der Waals surface area contributed by atoms with Crippen molar-refractivity contribution >= 4 is 24.7 Å². The lowest BCUT2D eigenvalue weighted by molar-refractivity contribution is -0.166. The quantitative estimate of drug-likeness (QED) is 0.215. The molecule has 5 fully saturated rings. The summed E-state index contributed by atoms with van der Waals surface area (Å²) in [4.78, 5) is 12.7. The van der Waals surface area contributed by atoms with Crippen molar-refractivity contribution in [2.45, 2.75) is 143 Å². The second kappa shape index (κ2) is 13.3. The van der Waals surface area contributed by atoms with Gasteiger partial charge in [0.15, 0.2) is 0 Å². The van der Waals surface area contributed by atoms with Crippen LogP contribution in [0.4, 0.5) is 0 Å². The van der Waals surface area contributed by atoms with Crippen molar-refractivity contribution in [1.29, 1.82) is 0 Å². The largest absolute Gasteiger partial charge is 0.462 e. The maximum absolute atomic E-state index is 12.7. The molecule has 1 saturated heterocycles. The van der Waals surface area contributed by atoms with E-state index in [0.717, 1.165) is 30.1 Å². The zero-order valence-corrected chi connectivity index (χ0v) is 33.0. The number of rotatable bonds is 7. The number of benzene rings is 2. The summed E-state index contributed by atoms with van der Waals surface area (Å²) in [6, 6.07) is 22.5. The van der Waals surface area contributed by atoms with E-state index in [4.69, 9.17) is 9.16 Å². The summed E-state index contributed by atoms with van der Waals surface area (Å²) in [5.41, 5.74) is 0.799. The van der Waals surface area contributed by atoms with Crippen LogP contribution in [-0.4, -0.2) is 26.5 Å². The van der Waals surface area contributed by atoms with Crippen LogP contribution in [0.3, 0.4) is 0 Å². The maximum atomic E-state index is 12.7. The third kappa shape index (κ3) is 6.01. The fourth-order valence-corrected chi connectivity index (χ4v) is 17.9. The molecule has 1 aliphatic heterocycles. The Hall–Kier alpha value is -1.91. The first-order valence-electron chi connectivity index (χ1n) is 20.3. The van der Waals surface area contributed by atoms with Crippen molar-refractivity contribution in [2.24, 2.45) is 58.2 Å². The highest BCUT2D eigenvalue weighted by molar-refractivity contribution is 6.99. The van der Waals surface area contributed by atoms with Gasteiger partial charge in [0.1, 0.15) is 6.10 Å². The summed E-state index contributed by atoms with van der Waals surface area (Å²) >= 11 is 0. The number of carbonyl (C=O) groups excluding carboxylic acids is 1. The number of hydrogen-bond acceptors (Lipinski definition) is 3. The first-order chi connectivity index (χ1) is 23.3. The van der Waals surface area contributed by atoms with E-state index in [9.17, 15) is 4.79 Å². The topological polar surface area (TPSA) is 35.5 Å². The van der Waals surface area contributed by atoms with E-state index in [0.29, 0.717) is 47.0 Å². The second-order valence-electron chi connectivity index (χ2n) is 19.4. The first kappa shape index (κ1) is 35.5. The van der Waals surface area contributed by atoms with E-state index >= 15 is 0 Å². The van der Waals surface area contributed by atoms with E-state index in [2.05, 4.69) is 116 Å². The van der Waals surface area contributed by atoms with Gasteiger partial charge in [-0.1, -0.05) is 116 Å². The van der Waals surface area contributed by atoms with Gasteiger partial charge in [0, 0.05) is 12.5 Å². The molecule has 0 radical (unpaired) electrons. The van der Waals surface area contributed by atoms with Crippen LogP contribution < -0.4 is 10.4 Å². The van der Waals surface area contributed by atoms with Gasteiger partial charge < -0.3 is 9.16 Å². The van der Waals surface area contributed by atoms with Gasteiger partial charge in [-0.15, -0.1) is 0 Å². The number of esters is 1. The molecule has 4 saturated carbocycles. The minimum Gasteiger partial charge on any atom is -0.462 e. The van der Waals surface area contributed by atoms with Crippen LogP contribution in [0.2, 0.25) is 5.04 Å². The number of hydrogen-bond donors (Lipinski definition) is 0. The van der Waals surface area contributed by atoms with Gasteiger partial charge in [0.05, 0.1) is 0 Å². The van der Waals surface area contributed by atoms with Crippen LogP contribution in [-0.2, 0) is 14.0 Å². The van der Waals surface area contributed by atoms with Crippen LogP contribution in [0.15, 0.2) is 60.7 Å². The molecule has 268 valence electrons. The van der Waals surface area contributed by atoms with Gasteiger partial charge in [-0.2, -0.15) is 0 Å². The smallest absolute Gasteiger partial charge is 0.306 e. The Bertz CT molecular complexity index is 1410. The van der Waals surface area contributed by atoms with E-state index in [1.165, 1.54) is 68.2 Å². The molecule has 0 spiro atoms. The third-order valence-corrected chi connectivity index (χ3v) is 21.0. The predicted molar refractivity (Wildman–Crippen MR) is 204 cm³/mol. The van der Waals surface area contributed by atoms with Crippen molar-refractivity contribution in [3.05, 3.63) is 60.7 Å². The zero-order chi connectivity index (χ0) is 34.8. The highest BCUT2D eigenvalue weighted by Gasteiger charge is 2.62. The highest BCUT2D eigenvalue weighted by Crippen LogP contribution is 2.68. The Kier molecular flexibility index (Phi) is 9.60. The first-order valence-corrected chi connectivity index (χ1v) is 22.2. The van der Waals surface area contributed by atoms with Gasteiger partial charge in [-0.3, -0.25) is 4.79 Å². The molecule has 11 atom stereocenters. The lowest BCUT2D eigenvalue weighted by Crippen LogP contribution is -2.68. The lowest BCUT2D eigenvalue weighted by Gasteiger charge is -2.62. The normalized spacial score (nSPS) is 38.7. The molecule has 0 unspecified atom stereocenters. The molecule has 2 aromatic carbocycles. The molecule has 49 heavy (non-hydrogen) atoms. The van der Waals surface area contributed by atoms with Crippen molar-refractivity contribution in [1.82, 2.24) is 0 Å². The molecular formula is C45H66O3Si. The molecule has 0 aromatic heterocycles. The number of cyclic esters (lactones) is 1. The third-order valence-electron chi connectivity index (χ3n) is 15.9. The summed E-state index contributed by atoms with van der Waals surface area (Å²) < 4.78 is 13.9. The van der Waals surface area contributed by atoms with Crippen LogP contribution >= 0.6 is 0 Å². The molecule has 3 nitrogen and oxygen atoms in total. The number of carbonyl (C=O) groups is 1. The van der Waals surface area contributed by atoms with Crippen molar-refractivity contribution in [2.75, 3.05) is 0 Å². The average Bonchev–Trinajstić information content (AvgIpc) is 3.44. The number of ether oxygens (including phenoxy) is 1. The Labute approximate surface area is 299 Å². The summed E-state index contributed by atoms with van der Waals surface area (Å²) in [5, 5.41) is 2.83. The summed E-state index contributed by atoms with van der Waals surface area (Å²) in [6.45, 7) is 19.6. The Morgan fingerprint density at radius 1 is 0.776 bits per heavy atom. The van der Waals surface area contributed by atoms with E-state index in [-0.39, 0.29) is 17.1 Å². The molecule has 0 amide bonds. The zero-order valence-electron chi connectivity index (χ0n) is 32.0.